The molecule has 0 saturated carbocycles. The van der Waals surface area contributed by atoms with Crippen LogP contribution in [-0.2, 0) is 0 Å². The van der Waals surface area contributed by atoms with Crippen molar-refractivity contribution in [1.29, 1.82) is 0 Å². The highest BCUT2D eigenvalue weighted by molar-refractivity contribution is 9.10. The zero-order valence-electron chi connectivity index (χ0n) is 15.8. The van der Waals surface area contributed by atoms with Crippen LogP contribution in [0, 0.1) is 12.7 Å². The third-order valence-electron chi connectivity index (χ3n) is 4.27. The second-order valence-electron chi connectivity index (χ2n) is 6.34. The predicted octanol–water partition coefficient (Wildman–Crippen LogP) is 5.39. The standard InChI is InChI=1S/C21H16BrFN6O/c1-12-6-18(29-21-15-7-13(22)2-3-17(15)27-11-28-21)16(23)9-19(12)30-14-4-5-25-20(8-14)26-10-24/h2-11H,1H3,(H2,24,25,26)(H,27,28,29). The van der Waals surface area contributed by atoms with Crippen LogP contribution in [0.4, 0.5) is 21.7 Å². The van der Waals surface area contributed by atoms with Crippen LogP contribution < -0.4 is 15.8 Å². The van der Waals surface area contributed by atoms with Gasteiger partial charge in [0, 0.05) is 28.2 Å². The number of halogens is 2. The lowest BCUT2D eigenvalue weighted by Crippen LogP contribution is -2.00. The molecule has 0 amide bonds. The maximum absolute atomic E-state index is 14.9. The minimum absolute atomic E-state index is 0.281. The first-order valence-electron chi connectivity index (χ1n) is 8.89. The first-order valence-corrected chi connectivity index (χ1v) is 9.68. The van der Waals surface area contributed by atoms with Crippen molar-refractivity contribution in [1.82, 2.24) is 15.0 Å². The van der Waals surface area contributed by atoms with Crippen molar-refractivity contribution >= 4 is 50.5 Å². The quantitative estimate of drug-likeness (QED) is 0.302. The van der Waals surface area contributed by atoms with E-state index >= 15 is 0 Å². The highest BCUT2D eigenvalue weighted by Crippen LogP contribution is 2.33. The number of aliphatic imine (C=N–C) groups is 1. The van der Waals surface area contributed by atoms with Crippen LogP contribution in [0.25, 0.3) is 10.9 Å². The molecule has 2 aromatic heterocycles. The number of aromatic nitrogens is 3. The minimum atomic E-state index is -0.480. The Morgan fingerprint density at radius 3 is 2.83 bits per heavy atom. The number of hydrogen-bond donors (Lipinski definition) is 2. The number of pyridine rings is 1. The highest BCUT2D eigenvalue weighted by Gasteiger charge is 2.12. The van der Waals surface area contributed by atoms with Gasteiger partial charge in [0.15, 0.2) is 5.82 Å². The lowest BCUT2D eigenvalue weighted by Gasteiger charge is -2.14. The molecule has 9 heteroatoms. The first kappa shape index (κ1) is 19.7. The number of ether oxygens (including phenoxy) is 1. The summed E-state index contributed by atoms with van der Waals surface area (Å²) in [5.74, 6) is 1.27. The Bertz CT molecular complexity index is 1260. The van der Waals surface area contributed by atoms with Gasteiger partial charge in [-0.2, -0.15) is 0 Å². The van der Waals surface area contributed by atoms with E-state index in [-0.39, 0.29) is 5.69 Å². The molecule has 2 heterocycles. The predicted molar refractivity (Wildman–Crippen MR) is 118 cm³/mol. The number of hydrogen-bond acceptors (Lipinski definition) is 6. The average molecular weight is 467 g/mol. The van der Waals surface area contributed by atoms with Gasteiger partial charge in [-0.25, -0.2) is 24.3 Å². The maximum atomic E-state index is 14.9. The number of fused-ring (bicyclic) bond motifs is 1. The Morgan fingerprint density at radius 2 is 2.00 bits per heavy atom. The molecule has 7 nitrogen and oxygen atoms in total. The van der Waals surface area contributed by atoms with Crippen molar-refractivity contribution < 1.29 is 9.13 Å². The largest absolute Gasteiger partial charge is 0.457 e. The number of anilines is 2. The van der Waals surface area contributed by atoms with E-state index in [1.807, 2.05) is 25.1 Å². The van der Waals surface area contributed by atoms with Crippen molar-refractivity contribution in [2.75, 3.05) is 5.32 Å². The van der Waals surface area contributed by atoms with Crippen LogP contribution in [0.2, 0.25) is 0 Å². The third-order valence-corrected chi connectivity index (χ3v) is 4.76. The normalized spacial score (nSPS) is 11.2. The molecule has 150 valence electrons. The second-order valence-corrected chi connectivity index (χ2v) is 7.25. The van der Waals surface area contributed by atoms with E-state index in [4.69, 9.17) is 10.5 Å². The van der Waals surface area contributed by atoms with E-state index < -0.39 is 5.82 Å². The molecule has 0 aliphatic rings. The summed E-state index contributed by atoms with van der Waals surface area (Å²) >= 11 is 3.44. The minimum Gasteiger partial charge on any atom is -0.457 e. The zero-order chi connectivity index (χ0) is 21.1. The fraction of sp³-hybridized carbons (Fsp3) is 0.0476. The molecule has 0 aliphatic carbocycles. The number of rotatable bonds is 5. The van der Waals surface area contributed by atoms with Gasteiger partial charge in [-0.05, 0) is 42.8 Å². The lowest BCUT2D eigenvalue weighted by molar-refractivity contribution is 0.473. The Kier molecular flexibility index (Phi) is 5.53. The Labute approximate surface area is 180 Å². The molecule has 0 spiro atoms. The van der Waals surface area contributed by atoms with Gasteiger partial charge in [0.1, 0.15) is 29.5 Å². The van der Waals surface area contributed by atoms with E-state index in [1.165, 1.54) is 18.6 Å². The van der Waals surface area contributed by atoms with Crippen molar-refractivity contribution in [2.45, 2.75) is 6.92 Å². The number of aryl methyl sites for hydroxylation is 1. The smallest absolute Gasteiger partial charge is 0.157 e. The molecule has 30 heavy (non-hydrogen) atoms. The monoisotopic (exact) mass is 466 g/mol. The third kappa shape index (κ3) is 4.20. The van der Waals surface area contributed by atoms with E-state index in [0.717, 1.165) is 27.3 Å². The zero-order valence-corrected chi connectivity index (χ0v) is 17.4. The molecule has 0 fully saturated rings. The van der Waals surface area contributed by atoms with Crippen LogP contribution in [-0.4, -0.2) is 21.3 Å². The van der Waals surface area contributed by atoms with Gasteiger partial charge in [-0.15, -0.1) is 0 Å². The summed E-state index contributed by atoms with van der Waals surface area (Å²) in [5.41, 5.74) is 7.06. The van der Waals surface area contributed by atoms with Gasteiger partial charge >= 0.3 is 0 Å². The summed E-state index contributed by atoms with van der Waals surface area (Å²) in [7, 11) is 0. The molecule has 4 aromatic rings. The molecular weight excluding hydrogens is 451 g/mol. The topological polar surface area (TPSA) is 98.3 Å². The molecule has 4 rings (SSSR count). The van der Waals surface area contributed by atoms with Crippen LogP contribution in [0.15, 0.2) is 64.5 Å². The van der Waals surface area contributed by atoms with Crippen LogP contribution >= 0.6 is 15.9 Å². The van der Waals surface area contributed by atoms with Crippen LogP contribution in [0.3, 0.4) is 0 Å². The molecule has 0 radical (unpaired) electrons. The highest BCUT2D eigenvalue weighted by atomic mass is 79.9. The molecule has 3 N–H and O–H groups in total. The van der Waals surface area contributed by atoms with E-state index in [2.05, 4.69) is 41.2 Å². The molecular formula is C21H16BrFN6O. The first-order chi connectivity index (χ1) is 14.5. The Morgan fingerprint density at radius 1 is 1.13 bits per heavy atom. The number of benzene rings is 2. The summed E-state index contributed by atoms with van der Waals surface area (Å²) in [6.07, 6.45) is 4.12. The van der Waals surface area contributed by atoms with Gasteiger partial charge < -0.3 is 15.8 Å². The van der Waals surface area contributed by atoms with Gasteiger partial charge in [0.2, 0.25) is 0 Å². The van der Waals surface area contributed by atoms with Gasteiger partial charge in [0.05, 0.1) is 17.5 Å². The van der Waals surface area contributed by atoms with Gasteiger partial charge in [-0.3, -0.25) is 0 Å². The van der Waals surface area contributed by atoms with Crippen LogP contribution in [0.5, 0.6) is 11.5 Å². The van der Waals surface area contributed by atoms with Gasteiger partial charge in [-0.1, -0.05) is 15.9 Å². The summed E-state index contributed by atoms with van der Waals surface area (Å²) in [5, 5.41) is 3.83. The number of nitrogens with one attached hydrogen (secondary N) is 1. The van der Waals surface area contributed by atoms with E-state index in [0.29, 0.717) is 23.1 Å². The SMILES string of the molecule is Cc1cc(Nc2ncnc3ccc(Br)cc23)c(F)cc1Oc1ccnc(N=CN)c1. The second kappa shape index (κ2) is 8.42. The number of nitrogens with zero attached hydrogens (tertiary/aromatic N) is 4. The van der Waals surface area contributed by atoms with E-state index in [9.17, 15) is 4.39 Å². The molecule has 0 saturated heterocycles. The van der Waals surface area contributed by atoms with Crippen molar-refractivity contribution in [3.05, 3.63) is 70.8 Å². The average Bonchev–Trinajstić information content (AvgIpc) is 2.72. The molecule has 0 unspecified atom stereocenters. The fourth-order valence-electron chi connectivity index (χ4n) is 2.86. The molecule has 0 aliphatic heterocycles. The Hall–Kier alpha value is -3.59. The van der Waals surface area contributed by atoms with E-state index in [1.54, 1.807) is 18.2 Å². The number of nitrogens with two attached hydrogens (primary N) is 1. The van der Waals surface area contributed by atoms with Crippen LogP contribution in [0.1, 0.15) is 5.56 Å². The maximum Gasteiger partial charge on any atom is 0.157 e. The van der Waals surface area contributed by atoms with Crippen molar-refractivity contribution in [3.63, 3.8) is 0 Å². The fourth-order valence-corrected chi connectivity index (χ4v) is 3.22. The Balaban J connectivity index is 1.64. The summed E-state index contributed by atoms with van der Waals surface area (Å²) in [6.45, 7) is 1.83. The molecule has 2 aromatic carbocycles. The van der Waals surface area contributed by atoms with Crippen molar-refractivity contribution in [3.8, 4) is 11.5 Å². The lowest BCUT2D eigenvalue weighted by atomic mass is 10.1. The summed E-state index contributed by atoms with van der Waals surface area (Å²) < 4.78 is 21.5. The van der Waals surface area contributed by atoms with Gasteiger partial charge in [0.25, 0.3) is 0 Å². The summed E-state index contributed by atoms with van der Waals surface area (Å²) in [4.78, 5) is 16.4. The summed E-state index contributed by atoms with van der Waals surface area (Å²) in [6, 6.07) is 11.9. The van der Waals surface area contributed by atoms with Crippen molar-refractivity contribution in [2.24, 2.45) is 10.7 Å². The molecule has 0 atom stereocenters. The molecule has 0 bridgehead atoms.